The van der Waals surface area contributed by atoms with Gasteiger partial charge in [-0.25, -0.2) is 17.7 Å². The van der Waals surface area contributed by atoms with Crippen molar-refractivity contribution in [2.75, 3.05) is 19.3 Å². The Bertz CT molecular complexity index is 796. The molecule has 3 heterocycles. The van der Waals surface area contributed by atoms with Crippen molar-refractivity contribution in [3.63, 3.8) is 0 Å². The zero-order valence-corrected chi connectivity index (χ0v) is 14.4. The van der Waals surface area contributed by atoms with Gasteiger partial charge in [0.15, 0.2) is 0 Å². The number of aromatic amines is 1. The van der Waals surface area contributed by atoms with Crippen LogP contribution in [0.4, 0.5) is 0 Å². The topological polar surface area (TPSA) is 91.8 Å². The van der Waals surface area contributed by atoms with Gasteiger partial charge in [0.05, 0.1) is 29.5 Å². The van der Waals surface area contributed by atoms with Gasteiger partial charge in [0.1, 0.15) is 0 Å². The first-order valence-corrected chi connectivity index (χ1v) is 9.47. The molecule has 1 saturated heterocycles. The lowest BCUT2D eigenvalue weighted by Crippen LogP contribution is -2.27. The highest BCUT2D eigenvalue weighted by atomic mass is 32.2. The van der Waals surface area contributed by atoms with E-state index >= 15 is 0 Å². The molecule has 23 heavy (non-hydrogen) atoms. The Balaban J connectivity index is 1.77. The van der Waals surface area contributed by atoms with Gasteiger partial charge in [-0.1, -0.05) is 0 Å². The molecule has 0 amide bonds. The summed E-state index contributed by atoms with van der Waals surface area (Å²) in [5, 5.41) is 7.16. The third kappa shape index (κ3) is 3.42. The number of hydrogen-bond acceptors (Lipinski definition) is 5. The van der Waals surface area contributed by atoms with E-state index in [0.717, 1.165) is 41.2 Å². The summed E-state index contributed by atoms with van der Waals surface area (Å²) < 4.78 is 24.7. The summed E-state index contributed by atoms with van der Waals surface area (Å²) in [6, 6.07) is 0. The molecular weight excluding hydrogens is 314 g/mol. The van der Waals surface area contributed by atoms with E-state index in [1.807, 2.05) is 13.8 Å². The summed E-state index contributed by atoms with van der Waals surface area (Å²) >= 11 is 0. The summed E-state index contributed by atoms with van der Waals surface area (Å²) in [7, 11) is -3.10. The van der Waals surface area contributed by atoms with Crippen molar-refractivity contribution in [1.82, 2.24) is 24.5 Å². The van der Waals surface area contributed by atoms with Crippen molar-refractivity contribution < 1.29 is 8.42 Å². The number of aromatic nitrogens is 4. The van der Waals surface area contributed by atoms with Gasteiger partial charge in [-0.15, -0.1) is 0 Å². The summed E-state index contributed by atoms with van der Waals surface area (Å²) in [6.07, 6.45) is 6.37. The molecule has 2 aromatic heterocycles. The van der Waals surface area contributed by atoms with Crippen LogP contribution in [0.1, 0.15) is 23.5 Å². The molecule has 1 aliphatic rings. The molecule has 0 radical (unpaired) electrons. The summed E-state index contributed by atoms with van der Waals surface area (Å²) in [6.45, 7) is 5.06. The second kappa shape index (κ2) is 6.01. The van der Waals surface area contributed by atoms with Crippen LogP contribution >= 0.6 is 0 Å². The summed E-state index contributed by atoms with van der Waals surface area (Å²) in [5.41, 5.74) is 4.56. The van der Waals surface area contributed by atoms with E-state index in [0.29, 0.717) is 19.0 Å². The fraction of sp³-hybridized carbons (Fsp3) is 0.533. The maximum atomic E-state index is 11.6. The zero-order valence-electron chi connectivity index (χ0n) is 13.6. The lowest BCUT2D eigenvalue weighted by Gasteiger charge is -2.13. The molecule has 0 saturated carbocycles. The molecule has 0 bridgehead atoms. The predicted octanol–water partition coefficient (Wildman–Crippen LogP) is 1.31. The highest BCUT2D eigenvalue weighted by molar-refractivity contribution is 7.88. The van der Waals surface area contributed by atoms with Crippen LogP contribution in [0, 0.1) is 19.8 Å². The van der Waals surface area contributed by atoms with E-state index in [4.69, 9.17) is 4.98 Å². The second-order valence-electron chi connectivity index (χ2n) is 6.18. The molecule has 1 N–H and O–H groups in total. The fourth-order valence-electron chi connectivity index (χ4n) is 3.11. The number of nitrogens with one attached hydrogen (secondary N) is 1. The molecule has 8 heteroatoms. The molecule has 7 nitrogen and oxygen atoms in total. The predicted molar refractivity (Wildman–Crippen MR) is 87.3 cm³/mol. The van der Waals surface area contributed by atoms with Crippen molar-refractivity contribution in [2.45, 2.75) is 26.7 Å². The van der Waals surface area contributed by atoms with E-state index in [1.54, 1.807) is 16.7 Å². The van der Waals surface area contributed by atoms with Crippen LogP contribution in [-0.4, -0.2) is 52.2 Å². The third-order valence-corrected chi connectivity index (χ3v) is 5.55. The minimum Gasteiger partial charge on any atom is -0.282 e. The Kier molecular flexibility index (Phi) is 4.20. The monoisotopic (exact) mass is 335 g/mol. The van der Waals surface area contributed by atoms with Crippen molar-refractivity contribution in [1.29, 1.82) is 0 Å². The summed E-state index contributed by atoms with van der Waals surface area (Å²) in [4.78, 5) is 8.99. The molecule has 1 fully saturated rings. The lowest BCUT2D eigenvalue weighted by atomic mass is 10.0. The average molecular weight is 335 g/mol. The van der Waals surface area contributed by atoms with Gasteiger partial charge in [-0.2, -0.15) is 5.10 Å². The van der Waals surface area contributed by atoms with Gasteiger partial charge in [0, 0.05) is 30.5 Å². The number of aryl methyl sites for hydroxylation is 2. The first-order chi connectivity index (χ1) is 10.8. The standard InChI is InChI=1S/C15H21N5O2S/c1-10-15(11(2)19-18-10)14-8-16-7-13(17-14)6-12-4-5-20(9-12)23(3,21)22/h7-8,12H,4-6,9H2,1-3H3,(H,18,19). The van der Waals surface area contributed by atoms with Gasteiger partial charge >= 0.3 is 0 Å². The fourth-order valence-corrected chi connectivity index (χ4v) is 4.03. The Morgan fingerprint density at radius 3 is 2.74 bits per heavy atom. The minimum absolute atomic E-state index is 0.292. The van der Waals surface area contributed by atoms with Crippen molar-refractivity contribution in [2.24, 2.45) is 5.92 Å². The van der Waals surface area contributed by atoms with E-state index in [-0.39, 0.29) is 0 Å². The van der Waals surface area contributed by atoms with Crippen molar-refractivity contribution >= 4 is 10.0 Å². The van der Waals surface area contributed by atoms with Gasteiger partial charge in [-0.3, -0.25) is 10.1 Å². The Labute approximate surface area is 136 Å². The molecule has 1 atom stereocenters. The molecule has 1 unspecified atom stereocenters. The second-order valence-corrected chi connectivity index (χ2v) is 8.17. The maximum Gasteiger partial charge on any atom is 0.211 e. The quantitative estimate of drug-likeness (QED) is 0.909. The Hall–Kier alpha value is -1.80. The van der Waals surface area contributed by atoms with E-state index in [1.165, 1.54) is 6.26 Å². The van der Waals surface area contributed by atoms with Crippen LogP contribution in [0.5, 0.6) is 0 Å². The normalized spacial score (nSPS) is 19.3. The third-order valence-electron chi connectivity index (χ3n) is 4.28. The van der Waals surface area contributed by atoms with Crippen LogP contribution in [0.3, 0.4) is 0 Å². The molecule has 0 aliphatic carbocycles. The lowest BCUT2D eigenvalue weighted by molar-refractivity contribution is 0.459. The molecule has 0 aromatic carbocycles. The zero-order chi connectivity index (χ0) is 16.6. The number of H-pyrrole nitrogens is 1. The van der Waals surface area contributed by atoms with Crippen LogP contribution < -0.4 is 0 Å². The first-order valence-electron chi connectivity index (χ1n) is 7.62. The van der Waals surface area contributed by atoms with E-state index < -0.39 is 10.0 Å². The molecular formula is C15H21N5O2S. The summed E-state index contributed by atoms with van der Waals surface area (Å²) in [5.74, 6) is 0.292. The largest absolute Gasteiger partial charge is 0.282 e. The van der Waals surface area contributed by atoms with E-state index in [2.05, 4.69) is 15.2 Å². The first kappa shape index (κ1) is 16.1. The van der Waals surface area contributed by atoms with E-state index in [9.17, 15) is 8.42 Å². The van der Waals surface area contributed by atoms with Gasteiger partial charge in [0.25, 0.3) is 0 Å². The minimum atomic E-state index is -3.10. The maximum absolute atomic E-state index is 11.6. The van der Waals surface area contributed by atoms with Gasteiger partial charge in [0.2, 0.25) is 10.0 Å². The van der Waals surface area contributed by atoms with Crippen molar-refractivity contribution in [3.8, 4) is 11.3 Å². The number of sulfonamides is 1. The van der Waals surface area contributed by atoms with Crippen LogP contribution in [0.25, 0.3) is 11.3 Å². The Morgan fingerprint density at radius 2 is 2.13 bits per heavy atom. The number of hydrogen-bond donors (Lipinski definition) is 1. The highest BCUT2D eigenvalue weighted by Gasteiger charge is 2.28. The highest BCUT2D eigenvalue weighted by Crippen LogP contribution is 2.25. The SMILES string of the molecule is Cc1n[nH]c(C)c1-c1cncc(CC2CCN(S(C)(=O)=O)C2)n1. The molecule has 3 rings (SSSR count). The molecule has 2 aromatic rings. The van der Waals surface area contributed by atoms with Crippen LogP contribution in [0.2, 0.25) is 0 Å². The molecule has 0 spiro atoms. The molecule has 124 valence electrons. The van der Waals surface area contributed by atoms with Gasteiger partial charge < -0.3 is 0 Å². The molecule has 1 aliphatic heterocycles. The van der Waals surface area contributed by atoms with Crippen LogP contribution in [-0.2, 0) is 16.4 Å². The smallest absolute Gasteiger partial charge is 0.211 e. The number of nitrogens with zero attached hydrogens (tertiary/aromatic N) is 4. The number of rotatable bonds is 4. The van der Waals surface area contributed by atoms with Crippen molar-refractivity contribution in [3.05, 3.63) is 29.5 Å². The average Bonchev–Trinajstić information content (AvgIpc) is 3.06. The van der Waals surface area contributed by atoms with Gasteiger partial charge in [-0.05, 0) is 32.6 Å². The Morgan fingerprint density at radius 1 is 1.35 bits per heavy atom. The van der Waals surface area contributed by atoms with Crippen LogP contribution in [0.15, 0.2) is 12.4 Å².